The highest BCUT2D eigenvalue weighted by Crippen LogP contribution is 2.57. The normalized spacial score (nSPS) is 42.1. The second-order valence-corrected chi connectivity index (χ2v) is 6.48. The van der Waals surface area contributed by atoms with Crippen LogP contribution < -0.4 is 0 Å². The molecule has 4 bridgehead atoms. The van der Waals surface area contributed by atoms with E-state index in [0.717, 1.165) is 11.8 Å². The largest absolute Gasteiger partial charge is 0.275 e. The van der Waals surface area contributed by atoms with Crippen LogP contribution >= 0.6 is 27.5 Å². The Kier molecular flexibility index (Phi) is 2.48. The van der Waals surface area contributed by atoms with E-state index < -0.39 is 0 Å². The topological polar surface area (TPSA) is 17.1 Å². The van der Waals surface area contributed by atoms with Crippen LogP contribution in [0.2, 0.25) is 0 Å². The van der Waals surface area contributed by atoms with Gasteiger partial charge in [0.15, 0.2) is 0 Å². The van der Waals surface area contributed by atoms with E-state index in [0.29, 0.717) is 16.3 Å². The highest BCUT2D eigenvalue weighted by molar-refractivity contribution is 9.12. The Labute approximate surface area is 103 Å². The molecule has 0 spiro atoms. The van der Waals surface area contributed by atoms with Gasteiger partial charge in [-0.2, -0.15) is 0 Å². The van der Waals surface area contributed by atoms with E-state index in [1.165, 1.54) is 37.7 Å². The summed E-state index contributed by atoms with van der Waals surface area (Å²) in [5.74, 6) is 3.17. The maximum Gasteiger partial charge on any atom is 0.259 e. The van der Waals surface area contributed by atoms with Gasteiger partial charge >= 0.3 is 0 Å². The highest BCUT2D eigenvalue weighted by atomic mass is 79.9. The number of rotatable bonds is 1. The van der Waals surface area contributed by atoms with E-state index in [1.807, 2.05) is 0 Å². The summed E-state index contributed by atoms with van der Waals surface area (Å²) >= 11 is 8.97. The van der Waals surface area contributed by atoms with Crippen LogP contribution in [0.3, 0.4) is 0 Å². The fraction of sp³-hybridized carbons (Fsp3) is 0.750. The summed E-state index contributed by atoms with van der Waals surface area (Å²) in [4.78, 5) is 11.2. The molecule has 82 valence electrons. The quantitative estimate of drug-likeness (QED) is 0.529. The summed E-state index contributed by atoms with van der Waals surface area (Å²) in [6, 6.07) is 0. The minimum atomic E-state index is -0.308. The predicted molar refractivity (Wildman–Crippen MR) is 63.9 cm³/mol. The van der Waals surface area contributed by atoms with E-state index in [4.69, 9.17) is 11.6 Å². The molecular weight excluding hydrogens is 275 g/mol. The van der Waals surface area contributed by atoms with Crippen molar-refractivity contribution in [2.45, 2.75) is 32.1 Å². The molecule has 4 fully saturated rings. The van der Waals surface area contributed by atoms with Gasteiger partial charge in [-0.3, -0.25) is 4.79 Å². The average molecular weight is 290 g/mol. The lowest BCUT2D eigenvalue weighted by Crippen LogP contribution is -2.40. The summed E-state index contributed by atoms with van der Waals surface area (Å²) in [5.41, 5.74) is 1.35. The molecule has 0 aromatic heterocycles. The molecule has 0 aliphatic heterocycles. The minimum absolute atomic E-state index is 0.308. The maximum atomic E-state index is 11.2. The zero-order chi connectivity index (χ0) is 10.6. The van der Waals surface area contributed by atoms with Crippen LogP contribution in [0.15, 0.2) is 10.1 Å². The van der Waals surface area contributed by atoms with Gasteiger partial charge in [-0.05, 0) is 88.9 Å². The summed E-state index contributed by atoms with van der Waals surface area (Å²) in [7, 11) is 0. The number of allylic oxidation sites excluding steroid dienone is 2. The number of halogens is 2. The Morgan fingerprint density at radius 3 is 1.93 bits per heavy atom. The van der Waals surface area contributed by atoms with Crippen LogP contribution in [0.25, 0.3) is 0 Å². The highest BCUT2D eigenvalue weighted by Gasteiger charge is 2.46. The Morgan fingerprint density at radius 2 is 1.53 bits per heavy atom. The summed E-state index contributed by atoms with van der Waals surface area (Å²) in [6.45, 7) is 0. The molecule has 0 amide bonds. The molecule has 0 aromatic rings. The van der Waals surface area contributed by atoms with Gasteiger partial charge in [0.2, 0.25) is 0 Å². The van der Waals surface area contributed by atoms with E-state index >= 15 is 0 Å². The molecule has 0 atom stereocenters. The van der Waals surface area contributed by atoms with Crippen LogP contribution in [-0.4, -0.2) is 5.24 Å². The first-order chi connectivity index (χ1) is 7.15. The molecule has 3 heteroatoms. The second kappa shape index (κ2) is 3.59. The van der Waals surface area contributed by atoms with E-state index in [9.17, 15) is 4.79 Å². The van der Waals surface area contributed by atoms with E-state index in [1.54, 1.807) is 0 Å². The lowest BCUT2D eigenvalue weighted by atomic mass is 9.54. The van der Waals surface area contributed by atoms with Gasteiger partial charge in [0.05, 0.1) is 4.48 Å². The molecular formula is C12H14BrClO. The van der Waals surface area contributed by atoms with Crippen molar-refractivity contribution < 1.29 is 4.79 Å². The SMILES string of the molecule is O=C(Cl)C(Br)=C1C2CC3CC(C2)CC1C3. The molecule has 1 nitrogen and oxygen atoms in total. The number of carbonyl (C=O) groups is 1. The first-order valence-corrected chi connectivity index (χ1v) is 6.91. The van der Waals surface area contributed by atoms with Crippen molar-refractivity contribution in [2.24, 2.45) is 23.7 Å². The second-order valence-electron chi connectivity index (χ2n) is 5.35. The van der Waals surface area contributed by atoms with Crippen molar-refractivity contribution in [3.05, 3.63) is 10.1 Å². The number of hydrogen-bond donors (Lipinski definition) is 0. The Balaban J connectivity index is 1.98. The van der Waals surface area contributed by atoms with Crippen molar-refractivity contribution in [3.63, 3.8) is 0 Å². The smallest absolute Gasteiger partial charge is 0.259 e. The van der Waals surface area contributed by atoms with Gasteiger partial charge < -0.3 is 0 Å². The van der Waals surface area contributed by atoms with Crippen molar-refractivity contribution in [1.29, 1.82) is 0 Å². The fourth-order valence-corrected chi connectivity index (χ4v) is 4.92. The van der Waals surface area contributed by atoms with Crippen molar-refractivity contribution in [1.82, 2.24) is 0 Å². The third-order valence-electron chi connectivity index (χ3n) is 4.44. The lowest BCUT2D eigenvalue weighted by molar-refractivity contribution is -0.108. The van der Waals surface area contributed by atoms with Gasteiger partial charge in [0.25, 0.3) is 5.24 Å². The van der Waals surface area contributed by atoms with Crippen LogP contribution in [0.5, 0.6) is 0 Å². The van der Waals surface area contributed by atoms with Gasteiger partial charge in [0.1, 0.15) is 0 Å². The fourth-order valence-electron chi connectivity index (χ4n) is 4.16. The third-order valence-corrected chi connectivity index (χ3v) is 5.68. The molecule has 4 rings (SSSR count). The number of hydrogen-bond acceptors (Lipinski definition) is 1. The third kappa shape index (κ3) is 1.61. The molecule has 0 radical (unpaired) electrons. The molecule has 0 aromatic carbocycles. The van der Waals surface area contributed by atoms with Crippen LogP contribution in [0.1, 0.15) is 32.1 Å². The summed E-state index contributed by atoms with van der Waals surface area (Å²) < 4.78 is 0.679. The van der Waals surface area contributed by atoms with Gasteiger partial charge in [-0.25, -0.2) is 0 Å². The van der Waals surface area contributed by atoms with E-state index in [2.05, 4.69) is 15.9 Å². The zero-order valence-electron chi connectivity index (χ0n) is 8.51. The van der Waals surface area contributed by atoms with Crippen molar-refractivity contribution in [2.75, 3.05) is 0 Å². The van der Waals surface area contributed by atoms with Crippen LogP contribution in [0, 0.1) is 23.7 Å². The molecule has 4 aliphatic rings. The lowest BCUT2D eigenvalue weighted by Gasteiger charge is -2.51. The van der Waals surface area contributed by atoms with Crippen LogP contribution in [0.4, 0.5) is 0 Å². The van der Waals surface area contributed by atoms with Gasteiger partial charge in [0, 0.05) is 0 Å². The van der Waals surface area contributed by atoms with Gasteiger partial charge in [-0.1, -0.05) is 0 Å². The molecule has 4 saturated carbocycles. The Morgan fingerprint density at radius 1 is 1.07 bits per heavy atom. The molecule has 15 heavy (non-hydrogen) atoms. The average Bonchev–Trinajstić information content (AvgIpc) is 2.15. The maximum absolute atomic E-state index is 11.2. The van der Waals surface area contributed by atoms with E-state index in [-0.39, 0.29) is 5.24 Å². The summed E-state index contributed by atoms with van der Waals surface area (Å²) in [5, 5.41) is -0.308. The number of carbonyl (C=O) groups excluding carboxylic acids is 1. The first kappa shape index (κ1) is 10.3. The van der Waals surface area contributed by atoms with Crippen molar-refractivity contribution >= 4 is 32.8 Å². The standard InChI is InChI=1S/C12H14BrClO/c13-11(12(14)15)10-8-2-6-1-7(4-8)5-9(10)3-6/h6-9H,1-5H2. The Hall–Kier alpha value is 0.180. The molecule has 0 N–H and O–H groups in total. The molecule has 0 saturated heterocycles. The minimum Gasteiger partial charge on any atom is -0.275 e. The monoisotopic (exact) mass is 288 g/mol. The molecule has 0 heterocycles. The van der Waals surface area contributed by atoms with Crippen LogP contribution in [-0.2, 0) is 4.79 Å². The molecule has 4 aliphatic carbocycles. The first-order valence-electron chi connectivity index (χ1n) is 5.74. The Bertz CT molecular complexity index is 318. The van der Waals surface area contributed by atoms with Crippen molar-refractivity contribution in [3.8, 4) is 0 Å². The predicted octanol–water partition coefficient (Wildman–Crippen LogP) is 3.86. The zero-order valence-corrected chi connectivity index (χ0v) is 10.9. The summed E-state index contributed by atoms with van der Waals surface area (Å²) in [6.07, 6.45) is 6.61. The van der Waals surface area contributed by atoms with Gasteiger partial charge in [-0.15, -0.1) is 0 Å². The molecule has 0 unspecified atom stereocenters.